The van der Waals surface area contributed by atoms with Crippen molar-refractivity contribution >= 4 is 17.3 Å². The first-order chi connectivity index (χ1) is 13.6. The molecule has 2 atom stereocenters. The molecule has 0 saturated carbocycles. The average Bonchev–Trinajstić information content (AvgIpc) is 3.32. The van der Waals surface area contributed by atoms with Crippen molar-refractivity contribution in [2.75, 3.05) is 27.2 Å². The Morgan fingerprint density at radius 2 is 2.00 bits per heavy atom. The number of likely N-dealkylation sites (N-methyl/N-ethyl adjacent to an activating group) is 1. The largest absolute Gasteiger partial charge is 0.352 e. The van der Waals surface area contributed by atoms with Crippen LogP contribution < -0.4 is 5.32 Å². The summed E-state index contributed by atoms with van der Waals surface area (Å²) in [7, 11) is 4.16. The predicted octanol–water partition coefficient (Wildman–Crippen LogP) is 2.80. The van der Waals surface area contributed by atoms with Gasteiger partial charge in [0.2, 0.25) is 0 Å². The first-order valence-corrected chi connectivity index (χ1v) is 9.76. The molecule has 1 aliphatic heterocycles. The lowest BCUT2D eigenvalue weighted by atomic mass is 10.0. The molecule has 1 aliphatic rings. The maximum absolute atomic E-state index is 5.73. The Balaban J connectivity index is 1.77. The Kier molecular flexibility index (Phi) is 5.36. The van der Waals surface area contributed by atoms with E-state index in [2.05, 4.69) is 74.2 Å². The molecule has 1 N–H and O–H groups in total. The van der Waals surface area contributed by atoms with Gasteiger partial charge in [-0.25, -0.2) is 0 Å². The molecule has 3 aromatic rings. The number of nitrogens with one attached hydrogen (secondary N) is 1. The van der Waals surface area contributed by atoms with Gasteiger partial charge in [0, 0.05) is 37.4 Å². The molecule has 1 fully saturated rings. The zero-order chi connectivity index (χ0) is 19.5. The van der Waals surface area contributed by atoms with Crippen molar-refractivity contribution in [3.05, 3.63) is 78.6 Å². The molecule has 0 aromatic carbocycles. The summed E-state index contributed by atoms with van der Waals surface area (Å²) in [5.74, 6) is 0. The standard InChI is InChI=1S/C21H24N6S/c1-25(2)13-14-27-20(19(24-21(27)28)17-8-3-4-11-23-17)18-9-6-12-26(18)16-7-5-10-22-15-16/h3-12,15,19-20H,13-14H2,1-2H3,(H,24,28)/t19-,20-/m0/s1. The van der Waals surface area contributed by atoms with Gasteiger partial charge in [0.05, 0.1) is 29.7 Å². The second-order valence-corrected chi connectivity index (χ2v) is 7.52. The van der Waals surface area contributed by atoms with Crippen molar-refractivity contribution < 1.29 is 0 Å². The van der Waals surface area contributed by atoms with Gasteiger partial charge in [0.15, 0.2) is 5.11 Å². The normalized spacial score (nSPS) is 19.2. The Morgan fingerprint density at radius 3 is 2.71 bits per heavy atom. The number of pyridine rings is 2. The van der Waals surface area contributed by atoms with Crippen LogP contribution in [-0.2, 0) is 0 Å². The highest BCUT2D eigenvalue weighted by molar-refractivity contribution is 7.80. The van der Waals surface area contributed by atoms with Gasteiger partial charge in [-0.2, -0.15) is 0 Å². The summed E-state index contributed by atoms with van der Waals surface area (Å²) in [5, 5.41) is 4.27. The second kappa shape index (κ2) is 8.08. The van der Waals surface area contributed by atoms with Gasteiger partial charge in [-0.15, -0.1) is 0 Å². The lowest BCUT2D eigenvalue weighted by molar-refractivity contribution is 0.272. The molecule has 4 rings (SSSR count). The fourth-order valence-electron chi connectivity index (χ4n) is 3.64. The quantitative estimate of drug-likeness (QED) is 0.651. The summed E-state index contributed by atoms with van der Waals surface area (Å²) in [6.45, 7) is 1.76. The summed E-state index contributed by atoms with van der Waals surface area (Å²) in [5.41, 5.74) is 3.18. The topological polar surface area (TPSA) is 49.2 Å². The molecule has 0 amide bonds. The fourth-order valence-corrected chi connectivity index (χ4v) is 3.97. The third-order valence-corrected chi connectivity index (χ3v) is 5.35. The van der Waals surface area contributed by atoms with E-state index in [1.165, 1.54) is 0 Å². The second-order valence-electron chi connectivity index (χ2n) is 7.14. The molecule has 28 heavy (non-hydrogen) atoms. The number of thiocarbonyl (C=S) groups is 1. The molecule has 0 aliphatic carbocycles. The minimum atomic E-state index is -0.0128. The number of nitrogens with zero attached hydrogens (tertiary/aromatic N) is 5. The van der Waals surface area contributed by atoms with E-state index < -0.39 is 0 Å². The molecule has 0 spiro atoms. The van der Waals surface area contributed by atoms with E-state index in [0.717, 1.165) is 35.3 Å². The molecule has 7 heteroatoms. The monoisotopic (exact) mass is 392 g/mol. The van der Waals surface area contributed by atoms with Gasteiger partial charge < -0.3 is 19.7 Å². The number of aromatic nitrogens is 3. The van der Waals surface area contributed by atoms with Crippen LogP contribution in [0, 0.1) is 0 Å². The molecular formula is C21H24N6S. The van der Waals surface area contributed by atoms with Crippen LogP contribution in [0.3, 0.4) is 0 Å². The van der Waals surface area contributed by atoms with E-state index in [9.17, 15) is 0 Å². The summed E-state index contributed by atoms with van der Waals surface area (Å²) >= 11 is 5.73. The molecule has 0 bridgehead atoms. The first kappa shape index (κ1) is 18.6. The van der Waals surface area contributed by atoms with Crippen molar-refractivity contribution in [3.63, 3.8) is 0 Å². The zero-order valence-corrected chi connectivity index (χ0v) is 16.9. The molecule has 0 radical (unpaired) electrons. The van der Waals surface area contributed by atoms with Gasteiger partial charge in [0.25, 0.3) is 0 Å². The predicted molar refractivity (Wildman–Crippen MR) is 114 cm³/mol. The van der Waals surface area contributed by atoms with Crippen LogP contribution in [0.4, 0.5) is 0 Å². The van der Waals surface area contributed by atoms with E-state index in [0.29, 0.717) is 0 Å². The van der Waals surface area contributed by atoms with E-state index in [4.69, 9.17) is 12.2 Å². The van der Waals surface area contributed by atoms with Crippen molar-refractivity contribution in [3.8, 4) is 5.69 Å². The van der Waals surface area contributed by atoms with Crippen LogP contribution in [-0.4, -0.2) is 56.6 Å². The number of rotatable bonds is 6. The number of hydrogen-bond acceptors (Lipinski definition) is 4. The summed E-state index contributed by atoms with van der Waals surface area (Å²) in [6, 6.07) is 14.3. The molecule has 0 unspecified atom stereocenters. The number of hydrogen-bond donors (Lipinski definition) is 1. The Bertz CT molecular complexity index is 924. The fraction of sp³-hybridized carbons (Fsp3) is 0.286. The Morgan fingerprint density at radius 1 is 1.11 bits per heavy atom. The van der Waals surface area contributed by atoms with Crippen LogP contribution in [0.15, 0.2) is 67.3 Å². The first-order valence-electron chi connectivity index (χ1n) is 9.35. The van der Waals surface area contributed by atoms with Crippen LogP contribution in [0.2, 0.25) is 0 Å². The van der Waals surface area contributed by atoms with Gasteiger partial charge in [-0.3, -0.25) is 9.97 Å². The molecule has 3 aromatic heterocycles. The summed E-state index contributed by atoms with van der Waals surface area (Å²) < 4.78 is 2.19. The van der Waals surface area contributed by atoms with E-state index in [-0.39, 0.29) is 12.1 Å². The van der Waals surface area contributed by atoms with Gasteiger partial charge >= 0.3 is 0 Å². The van der Waals surface area contributed by atoms with Crippen molar-refractivity contribution in [2.45, 2.75) is 12.1 Å². The highest BCUT2D eigenvalue weighted by atomic mass is 32.1. The minimum Gasteiger partial charge on any atom is -0.352 e. The summed E-state index contributed by atoms with van der Waals surface area (Å²) in [4.78, 5) is 13.3. The summed E-state index contributed by atoms with van der Waals surface area (Å²) in [6.07, 6.45) is 7.58. The van der Waals surface area contributed by atoms with E-state index in [1.54, 1.807) is 6.20 Å². The highest BCUT2D eigenvalue weighted by Crippen LogP contribution is 2.39. The maximum atomic E-state index is 5.73. The van der Waals surface area contributed by atoms with Crippen molar-refractivity contribution in [1.82, 2.24) is 29.7 Å². The zero-order valence-electron chi connectivity index (χ0n) is 16.1. The van der Waals surface area contributed by atoms with Crippen molar-refractivity contribution in [1.29, 1.82) is 0 Å². The van der Waals surface area contributed by atoms with E-state index in [1.807, 2.05) is 30.6 Å². The van der Waals surface area contributed by atoms with Crippen LogP contribution in [0.1, 0.15) is 23.5 Å². The Labute approximate surface area is 170 Å². The maximum Gasteiger partial charge on any atom is 0.170 e. The van der Waals surface area contributed by atoms with Gasteiger partial charge in [-0.05, 0) is 62.7 Å². The van der Waals surface area contributed by atoms with Crippen LogP contribution in [0.25, 0.3) is 5.69 Å². The average molecular weight is 393 g/mol. The SMILES string of the molecule is CN(C)CCN1C(=S)N[C@@H](c2ccccn2)[C@@H]1c1cccn1-c1cccnc1. The third-order valence-electron chi connectivity index (χ3n) is 4.99. The lowest BCUT2D eigenvalue weighted by Gasteiger charge is -2.29. The van der Waals surface area contributed by atoms with Crippen LogP contribution >= 0.6 is 12.2 Å². The smallest absolute Gasteiger partial charge is 0.170 e. The Hall–Kier alpha value is -2.77. The molecular weight excluding hydrogens is 368 g/mol. The highest BCUT2D eigenvalue weighted by Gasteiger charge is 2.41. The van der Waals surface area contributed by atoms with E-state index >= 15 is 0 Å². The molecule has 144 valence electrons. The molecule has 6 nitrogen and oxygen atoms in total. The molecule has 1 saturated heterocycles. The minimum absolute atomic E-state index is 0.0128. The molecule has 4 heterocycles. The van der Waals surface area contributed by atoms with Gasteiger partial charge in [0.1, 0.15) is 0 Å². The van der Waals surface area contributed by atoms with Gasteiger partial charge in [-0.1, -0.05) is 6.07 Å². The van der Waals surface area contributed by atoms with Crippen LogP contribution in [0.5, 0.6) is 0 Å². The van der Waals surface area contributed by atoms with Crippen molar-refractivity contribution in [2.24, 2.45) is 0 Å². The third kappa shape index (κ3) is 3.63. The lowest BCUT2D eigenvalue weighted by Crippen LogP contribution is -2.36.